The van der Waals surface area contributed by atoms with Crippen LogP contribution in [0.5, 0.6) is 0 Å². The quantitative estimate of drug-likeness (QED) is 0.714. The number of ether oxygens (including phenoxy) is 1. The lowest BCUT2D eigenvalue weighted by Gasteiger charge is -2.21. The first-order valence-electron chi connectivity index (χ1n) is 8.78. The standard InChI is InChI=1S/C21H26N2O3/c1-15(2)19(22)20(24)23-18(13-16-9-5-3-6-10-16)21(25)26-14-17-11-7-4-8-12-17/h3-12,15,18-19H,13-14,22H2,1-2H3,(H,23,24)/t18?,19-/m0/s1. The molecule has 2 rings (SSSR count). The van der Waals surface area contributed by atoms with Gasteiger partial charge in [-0.05, 0) is 17.0 Å². The van der Waals surface area contributed by atoms with Crippen LogP contribution in [0, 0.1) is 5.92 Å². The molecule has 0 saturated heterocycles. The van der Waals surface area contributed by atoms with E-state index in [0.29, 0.717) is 6.42 Å². The zero-order valence-electron chi connectivity index (χ0n) is 15.2. The summed E-state index contributed by atoms with van der Waals surface area (Å²) >= 11 is 0. The van der Waals surface area contributed by atoms with E-state index < -0.39 is 18.1 Å². The smallest absolute Gasteiger partial charge is 0.329 e. The van der Waals surface area contributed by atoms with Gasteiger partial charge in [0.05, 0.1) is 6.04 Å². The van der Waals surface area contributed by atoms with Crippen molar-refractivity contribution in [1.82, 2.24) is 5.32 Å². The molecule has 1 unspecified atom stereocenters. The van der Waals surface area contributed by atoms with Crippen molar-refractivity contribution in [3.05, 3.63) is 71.8 Å². The second-order valence-electron chi connectivity index (χ2n) is 6.61. The van der Waals surface area contributed by atoms with Gasteiger partial charge in [-0.3, -0.25) is 4.79 Å². The van der Waals surface area contributed by atoms with E-state index in [1.807, 2.05) is 74.5 Å². The third-order valence-corrected chi connectivity index (χ3v) is 4.13. The summed E-state index contributed by atoms with van der Waals surface area (Å²) in [5.74, 6) is -0.840. The molecule has 0 spiro atoms. The van der Waals surface area contributed by atoms with Crippen molar-refractivity contribution in [3.8, 4) is 0 Å². The summed E-state index contributed by atoms with van der Waals surface area (Å²) in [5, 5.41) is 2.74. The maximum absolute atomic E-state index is 12.6. The van der Waals surface area contributed by atoms with E-state index in [1.165, 1.54) is 0 Å². The number of carbonyl (C=O) groups is 2. The fourth-order valence-electron chi connectivity index (χ4n) is 2.44. The average Bonchev–Trinajstić information content (AvgIpc) is 2.66. The Balaban J connectivity index is 2.05. The number of amides is 1. The van der Waals surface area contributed by atoms with Crippen molar-refractivity contribution in [2.75, 3.05) is 0 Å². The largest absolute Gasteiger partial charge is 0.459 e. The number of nitrogens with two attached hydrogens (primary N) is 1. The van der Waals surface area contributed by atoms with Crippen LogP contribution in [0.1, 0.15) is 25.0 Å². The number of nitrogens with one attached hydrogen (secondary N) is 1. The maximum atomic E-state index is 12.6. The van der Waals surface area contributed by atoms with Crippen LogP contribution in [0.25, 0.3) is 0 Å². The van der Waals surface area contributed by atoms with Gasteiger partial charge in [-0.2, -0.15) is 0 Å². The molecule has 1 amide bonds. The molecule has 0 radical (unpaired) electrons. The molecule has 0 aliphatic carbocycles. The topological polar surface area (TPSA) is 81.4 Å². The lowest BCUT2D eigenvalue weighted by molar-refractivity contribution is -0.149. The summed E-state index contributed by atoms with van der Waals surface area (Å²) in [6.45, 7) is 3.89. The third kappa shape index (κ3) is 6.01. The Morgan fingerprint density at radius 1 is 0.962 bits per heavy atom. The summed E-state index contributed by atoms with van der Waals surface area (Å²) < 4.78 is 5.41. The van der Waals surface area contributed by atoms with Gasteiger partial charge in [-0.15, -0.1) is 0 Å². The van der Waals surface area contributed by atoms with E-state index in [9.17, 15) is 9.59 Å². The molecule has 0 heterocycles. The molecule has 2 atom stereocenters. The normalized spacial score (nSPS) is 13.1. The van der Waals surface area contributed by atoms with Crippen LogP contribution in [0.15, 0.2) is 60.7 Å². The lowest BCUT2D eigenvalue weighted by Crippen LogP contribution is -2.51. The van der Waals surface area contributed by atoms with Gasteiger partial charge in [-0.25, -0.2) is 4.79 Å². The van der Waals surface area contributed by atoms with Crippen molar-refractivity contribution in [2.24, 2.45) is 11.7 Å². The number of hydrogen-bond donors (Lipinski definition) is 2. The van der Waals surface area contributed by atoms with Crippen LogP contribution in [0.2, 0.25) is 0 Å². The molecule has 0 bridgehead atoms. The Morgan fingerprint density at radius 3 is 2.04 bits per heavy atom. The number of carbonyl (C=O) groups excluding carboxylic acids is 2. The highest BCUT2D eigenvalue weighted by molar-refractivity contribution is 5.87. The molecule has 5 heteroatoms. The summed E-state index contributed by atoms with van der Waals surface area (Å²) in [6.07, 6.45) is 0.352. The summed E-state index contributed by atoms with van der Waals surface area (Å²) in [7, 11) is 0. The fraction of sp³-hybridized carbons (Fsp3) is 0.333. The number of esters is 1. The predicted molar refractivity (Wildman–Crippen MR) is 101 cm³/mol. The Hall–Kier alpha value is -2.66. The van der Waals surface area contributed by atoms with Crippen LogP contribution in [0.4, 0.5) is 0 Å². The number of hydrogen-bond acceptors (Lipinski definition) is 4. The monoisotopic (exact) mass is 354 g/mol. The van der Waals surface area contributed by atoms with Crippen molar-refractivity contribution in [2.45, 2.75) is 39.0 Å². The zero-order valence-corrected chi connectivity index (χ0v) is 15.2. The van der Waals surface area contributed by atoms with Crippen molar-refractivity contribution in [1.29, 1.82) is 0 Å². The van der Waals surface area contributed by atoms with E-state index >= 15 is 0 Å². The van der Waals surface area contributed by atoms with Crippen LogP contribution in [-0.4, -0.2) is 24.0 Å². The van der Waals surface area contributed by atoms with E-state index in [-0.39, 0.29) is 18.4 Å². The molecule has 2 aromatic rings. The molecule has 3 N–H and O–H groups in total. The van der Waals surface area contributed by atoms with E-state index in [1.54, 1.807) is 0 Å². The van der Waals surface area contributed by atoms with Crippen LogP contribution in [-0.2, 0) is 27.4 Å². The minimum absolute atomic E-state index is 0.0206. The molecule has 138 valence electrons. The first-order chi connectivity index (χ1) is 12.5. The first kappa shape index (κ1) is 19.7. The van der Waals surface area contributed by atoms with Gasteiger partial charge in [0.2, 0.25) is 5.91 Å². The lowest BCUT2D eigenvalue weighted by atomic mass is 10.0. The highest BCUT2D eigenvalue weighted by Crippen LogP contribution is 2.08. The third-order valence-electron chi connectivity index (χ3n) is 4.13. The van der Waals surface area contributed by atoms with Gasteiger partial charge in [0.15, 0.2) is 0 Å². The zero-order chi connectivity index (χ0) is 18.9. The number of rotatable bonds is 8. The fourth-order valence-corrected chi connectivity index (χ4v) is 2.44. The van der Waals surface area contributed by atoms with Gasteiger partial charge in [-0.1, -0.05) is 74.5 Å². The van der Waals surface area contributed by atoms with Gasteiger partial charge < -0.3 is 15.8 Å². The summed E-state index contributed by atoms with van der Waals surface area (Å²) in [6, 6.07) is 17.5. The van der Waals surface area contributed by atoms with Gasteiger partial charge in [0, 0.05) is 6.42 Å². The van der Waals surface area contributed by atoms with Crippen LogP contribution in [0.3, 0.4) is 0 Å². The Bertz CT molecular complexity index is 702. The molecule has 0 saturated carbocycles. The molecular formula is C21H26N2O3. The summed E-state index contributed by atoms with van der Waals surface area (Å²) in [4.78, 5) is 24.9. The van der Waals surface area contributed by atoms with Crippen LogP contribution < -0.4 is 11.1 Å². The molecule has 2 aromatic carbocycles. The molecule has 0 aromatic heterocycles. The SMILES string of the molecule is CC(C)[C@H](N)C(=O)NC(Cc1ccccc1)C(=O)OCc1ccccc1. The molecule has 5 nitrogen and oxygen atoms in total. The maximum Gasteiger partial charge on any atom is 0.329 e. The molecular weight excluding hydrogens is 328 g/mol. The molecule has 0 aliphatic rings. The van der Waals surface area contributed by atoms with E-state index in [4.69, 9.17) is 10.5 Å². The second kappa shape index (κ2) is 9.73. The molecule has 26 heavy (non-hydrogen) atoms. The van der Waals surface area contributed by atoms with E-state index in [2.05, 4.69) is 5.32 Å². The highest BCUT2D eigenvalue weighted by atomic mass is 16.5. The Morgan fingerprint density at radius 2 is 1.50 bits per heavy atom. The van der Waals surface area contributed by atoms with Crippen molar-refractivity contribution >= 4 is 11.9 Å². The summed E-state index contributed by atoms with van der Waals surface area (Å²) in [5.41, 5.74) is 7.73. The highest BCUT2D eigenvalue weighted by Gasteiger charge is 2.26. The van der Waals surface area contributed by atoms with Crippen LogP contribution >= 0.6 is 0 Å². The van der Waals surface area contributed by atoms with Crippen molar-refractivity contribution < 1.29 is 14.3 Å². The average molecular weight is 354 g/mol. The van der Waals surface area contributed by atoms with Gasteiger partial charge >= 0.3 is 5.97 Å². The predicted octanol–water partition coefficient (Wildman–Crippen LogP) is 2.44. The molecule has 0 fully saturated rings. The van der Waals surface area contributed by atoms with Gasteiger partial charge in [0.25, 0.3) is 0 Å². The Labute approximate surface area is 154 Å². The second-order valence-corrected chi connectivity index (χ2v) is 6.61. The van der Waals surface area contributed by atoms with E-state index in [0.717, 1.165) is 11.1 Å². The number of benzene rings is 2. The van der Waals surface area contributed by atoms with Gasteiger partial charge in [0.1, 0.15) is 12.6 Å². The Kier molecular flexibility index (Phi) is 7.36. The minimum atomic E-state index is -0.779. The first-order valence-corrected chi connectivity index (χ1v) is 8.78. The minimum Gasteiger partial charge on any atom is -0.459 e. The van der Waals surface area contributed by atoms with Crippen molar-refractivity contribution in [3.63, 3.8) is 0 Å². The molecule has 0 aliphatic heterocycles.